The smallest absolute Gasteiger partial charge is 0.870 e. The van der Waals surface area contributed by atoms with Gasteiger partial charge in [0, 0.05) is 66.8 Å². The van der Waals surface area contributed by atoms with Crippen molar-refractivity contribution in [2.45, 2.75) is 58.8 Å². The fraction of sp³-hybridized carbons (Fsp3) is 0.111. The molecule has 0 aliphatic carbocycles. The number of benzene rings is 14. The molecule has 0 saturated heterocycles. The number of phenolic OH excluding ortho intramolecular Hbond substituents is 7. The minimum absolute atomic E-state index is 0. The van der Waals surface area contributed by atoms with E-state index in [0.29, 0.717) is 75.2 Å². The van der Waals surface area contributed by atoms with Crippen LogP contribution in [-0.2, 0) is 33.5 Å². The van der Waals surface area contributed by atoms with Crippen molar-refractivity contribution in [1.82, 2.24) is 0 Å². The Morgan fingerprint density at radius 2 is 0.493 bits per heavy atom. The Balaban J connectivity index is 0.000000210. The monoisotopic (exact) mass is 1960 g/mol. The van der Waals surface area contributed by atoms with Crippen LogP contribution in [0.5, 0.6) is 103 Å². The van der Waals surface area contributed by atoms with Gasteiger partial charge in [-0.15, -0.1) is 0 Å². The molecule has 31 nitrogen and oxygen atoms in total. The van der Waals surface area contributed by atoms with Crippen molar-refractivity contribution < 1.29 is 169 Å². The number of carbonyl (C=O) groups is 6. The van der Waals surface area contributed by atoms with E-state index in [1.807, 2.05) is 243 Å². The third kappa shape index (κ3) is 25.7. The Morgan fingerprint density at radius 1 is 0.310 bits per heavy atom. The van der Waals surface area contributed by atoms with E-state index in [1.54, 1.807) is 48.6 Å². The molecular formula is C108H96ClLiO31S. The quantitative estimate of drug-likeness (QED) is 0.00707. The summed E-state index contributed by atoms with van der Waals surface area (Å²) in [7, 11) is -4.67. The maximum atomic E-state index is 12.0. The van der Waals surface area contributed by atoms with E-state index in [0.717, 1.165) is 68.8 Å². The van der Waals surface area contributed by atoms with Crippen LogP contribution < -0.4 is 71.0 Å². The zero-order valence-corrected chi connectivity index (χ0v) is 76.5. The van der Waals surface area contributed by atoms with Gasteiger partial charge in [-0.25, -0.2) is 9.59 Å². The fourth-order valence-electron chi connectivity index (χ4n) is 14.1. The first kappa shape index (κ1) is 110. The number of ether oxygens (including phenoxy) is 11. The molecule has 142 heavy (non-hydrogen) atoms. The topological polar surface area (TPSA) is 491 Å². The average Bonchev–Trinajstić information content (AvgIpc) is 1.61. The van der Waals surface area contributed by atoms with Gasteiger partial charge in [-0.1, -0.05) is 295 Å². The largest absolute Gasteiger partial charge is 1.00 e. The van der Waals surface area contributed by atoms with E-state index in [-0.39, 0.29) is 104 Å². The van der Waals surface area contributed by atoms with Gasteiger partial charge in [-0.3, -0.25) is 28.3 Å². The number of hydrogen-bond acceptors (Lipinski definition) is 27. The number of carbonyl (C=O) groups excluding carboxylic acids is 4. The predicted octanol–water partition coefficient (Wildman–Crippen LogP) is 18.3. The molecule has 4 aliphatic rings. The SMILES string of the molecule is C.C.C=CCOc1cc(C(=O)Cl)cc2c1OC(c1ccccc1)(c1ccccc1)O2.C=CCOc1cc(C(=O)O)cc2c1OC(c1ccccc1)(c1ccccc1)O2.C=CCOc1cc(C(C)=O)cc2c1OC(c1ccccc1)(c1ccccc1)O2.CC(=O)c1cc(O)c(O)c(O)c1.CC(=O)c1cc(O)c2c(c1)OC(c1ccccc1)(c1ccccc1)O2.O=C(O)c1cc(O)c(O)c(O)c1.O=S(=O)(O)O.[Li+].[OH-]. The Labute approximate surface area is 833 Å². The Morgan fingerprint density at radius 3 is 0.725 bits per heavy atom. The van der Waals surface area contributed by atoms with Crippen LogP contribution in [0.15, 0.2) is 353 Å². The summed E-state index contributed by atoms with van der Waals surface area (Å²) in [6.07, 6.45) is 4.83. The van der Waals surface area contributed by atoms with Crippen molar-refractivity contribution >= 4 is 56.5 Å². The number of carboxylic acid groups (broad SMARTS) is 2. The second-order valence-corrected chi connectivity index (χ2v) is 31.2. The van der Waals surface area contributed by atoms with Gasteiger partial charge in [0.05, 0.1) is 11.1 Å². The van der Waals surface area contributed by atoms with Crippen LogP contribution in [0.2, 0.25) is 0 Å². The van der Waals surface area contributed by atoms with Crippen molar-refractivity contribution in [1.29, 1.82) is 0 Å². The number of ketones is 3. The van der Waals surface area contributed by atoms with E-state index in [9.17, 15) is 39.0 Å². The number of phenols is 7. The van der Waals surface area contributed by atoms with E-state index in [4.69, 9.17) is 117 Å². The first-order valence-corrected chi connectivity index (χ1v) is 43.3. The number of carboxylic acids is 2. The molecule has 18 rings (SSSR count). The molecule has 0 spiro atoms. The molecule has 0 bridgehead atoms. The van der Waals surface area contributed by atoms with Crippen LogP contribution in [0.1, 0.15) is 142 Å². The predicted molar refractivity (Wildman–Crippen MR) is 521 cm³/mol. The summed E-state index contributed by atoms with van der Waals surface area (Å²) in [6.45, 7) is 16.0. The summed E-state index contributed by atoms with van der Waals surface area (Å²) in [4.78, 5) is 68.1. The average molecular weight is 1960 g/mol. The van der Waals surface area contributed by atoms with Gasteiger partial charge in [0.25, 0.3) is 5.24 Å². The summed E-state index contributed by atoms with van der Waals surface area (Å²) in [5, 5.41) is 81.0. The number of aromatic carboxylic acids is 2. The van der Waals surface area contributed by atoms with E-state index in [2.05, 4.69) is 19.7 Å². The first-order chi connectivity index (χ1) is 66.0. The van der Waals surface area contributed by atoms with Gasteiger partial charge in [-0.2, -0.15) is 8.42 Å². The van der Waals surface area contributed by atoms with E-state index >= 15 is 0 Å². The first-order valence-electron chi connectivity index (χ1n) is 41.5. The van der Waals surface area contributed by atoms with Crippen LogP contribution in [0.4, 0.5) is 0 Å². The third-order valence-corrected chi connectivity index (χ3v) is 20.7. The standard InChI is InChI=1S/C24H20O4.C23H17ClO4.C23H18O5.C21H16O4.C8H8O4.C7H6O5.2CH4.Li.H2O4S.H2O/c1-3-14-26-21-15-18(17(2)25)16-22-23(21)28-24(27-22,19-10-6-4-7-11-19)20-12-8-5-9-13-20;2*1-2-13-26-19-14-16(22(24)25)15-20-21(19)28-23(27-20,17-9-5-3-6-10-17)18-11-7-4-8-12-18;1-14(22)15-12-18(23)20-19(13-15)24-21(25-20,16-8-4-2-5-9-16)17-10-6-3-7-11-17;1-4(9)5-2-6(10)8(12)7(11)3-5;8-4-1-3(7(11)12)2-5(9)6(4)10;;;;1-5(2,3)4;/h3-13,15-16H,1,14H2,2H3;2-12,14-15H,1,13H2;2-12,14-15H,1,13H2,(H,24,25);2-13,23H,1H3;2-3,10-12H,1H3;1-2,8-10H,(H,11,12);2*1H4;;(H2,1,2,3,4);1H2/q;;;;;;;;+1;;/p-1. The Hall–Kier alpha value is -17.0. The van der Waals surface area contributed by atoms with E-state index < -0.39 is 85.2 Å². The molecule has 4 heterocycles. The summed E-state index contributed by atoms with van der Waals surface area (Å²) in [5.41, 5.74) is 7.51. The molecule has 728 valence electrons. The van der Waals surface area contributed by atoms with Crippen LogP contribution in [0.3, 0.4) is 0 Å². The van der Waals surface area contributed by atoms with Crippen LogP contribution >= 0.6 is 11.6 Å². The molecule has 14 aromatic carbocycles. The molecule has 34 heteroatoms. The number of aromatic hydroxyl groups is 7. The molecule has 0 radical (unpaired) electrons. The molecule has 0 unspecified atom stereocenters. The van der Waals surface area contributed by atoms with Gasteiger partial charge in [-0.05, 0) is 105 Å². The number of hydrogen-bond donors (Lipinski definition) is 11. The molecule has 12 N–H and O–H groups in total. The fourth-order valence-corrected chi connectivity index (χ4v) is 14.2. The molecule has 14 aromatic rings. The summed E-state index contributed by atoms with van der Waals surface area (Å²) < 4.78 is 99.3. The summed E-state index contributed by atoms with van der Waals surface area (Å²) in [6, 6.07) is 93.0. The second-order valence-electron chi connectivity index (χ2n) is 30.0. The molecule has 0 saturated carbocycles. The molecule has 0 amide bonds. The molecule has 0 fully saturated rings. The van der Waals surface area contributed by atoms with Gasteiger partial charge < -0.3 is 104 Å². The summed E-state index contributed by atoms with van der Waals surface area (Å²) >= 11 is 5.70. The molecular weight excluding hydrogens is 1870 g/mol. The Bertz CT molecular complexity index is 6250. The molecule has 4 aliphatic heterocycles. The van der Waals surface area contributed by atoms with Gasteiger partial charge in [0.1, 0.15) is 19.8 Å². The van der Waals surface area contributed by atoms with E-state index in [1.165, 1.54) is 39.0 Å². The van der Waals surface area contributed by atoms with Crippen molar-refractivity contribution in [2.24, 2.45) is 0 Å². The van der Waals surface area contributed by atoms with Crippen LogP contribution in [0, 0.1) is 0 Å². The van der Waals surface area contributed by atoms with Crippen molar-refractivity contribution in [2.75, 3.05) is 19.8 Å². The number of halogens is 1. The minimum Gasteiger partial charge on any atom is -0.870 e. The molecule has 0 aromatic heterocycles. The zero-order valence-electron chi connectivity index (χ0n) is 74.9. The van der Waals surface area contributed by atoms with Crippen molar-refractivity contribution in [3.05, 3.63) is 431 Å². The summed E-state index contributed by atoms with van der Waals surface area (Å²) in [5.74, 6) is -7.36. The van der Waals surface area contributed by atoms with Crippen LogP contribution in [-0.4, -0.2) is 123 Å². The van der Waals surface area contributed by atoms with Crippen LogP contribution in [0.25, 0.3) is 0 Å². The number of Topliss-reactive ketones (excluding diaryl/α,β-unsaturated/α-hetero) is 3. The number of rotatable bonds is 23. The van der Waals surface area contributed by atoms with Gasteiger partial charge in [0.15, 0.2) is 97.8 Å². The minimum atomic E-state index is -4.67. The molecule has 0 atom stereocenters. The maximum absolute atomic E-state index is 12.0. The van der Waals surface area contributed by atoms with Crippen molar-refractivity contribution in [3.8, 4) is 103 Å². The zero-order chi connectivity index (χ0) is 99.2. The Kier molecular flexibility index (Phi) is 38.0. The maximum Gasteiger partial charge on any atom is 1.00 e. The van der Waals surface area contributed by atoms with Gasteiger partial charge >= 0.3 is 64.3 Å². The number of fused-ring (bicyclic) bond motifs is 4. The third-order valence-electron chi connectivity index (χ3n) is 20.5. The van der Waals surface area contributed by atoms with Crippen molar-refractivity contribution in [3.63, 3.8) is 0 Å². The normalized spacial score (nSPS) is 12.7. The second kappa shape index (κ2) is 48.9. The van der Waals surface area contributed by atoms with Gasteiger partial charge in [0.2, 0.25) is 23.0 Å².